The fraction of sp³-hybridized carbons (Fsp3) is 0.214. The molecule has 0 fully saturated rings. The van der Waals surface area contributed by atoms with Crippen molar-refractivity contribution in [3.05, 3.63) is 48.3 Å². The molecule has 114 valence electrons. The third kappa shape index (κ3) is 4.23. The summed E-state index contributed by atoms with van der Waals surface area (Å²) >= 11 is 0. The molecule has 0 aliphatic carbocycles. The summed E-state index contributed by atoms with van der Waals surface area (Å²) in [6, 6.07) is 2.99. The molecule has 8 heteroatoms. The highest BCUT2D eigenvalue weighted by atomic mass is 16.2. The molecule has 8 nitrogen and oxygen atoms in total. The van der Waals surface area contributed by atoms with Gasteiger partial charge in [-0.25, -0.2) is 14.8 Å². The molecule has 0 spiro atoms. The molecule has 2 rings (SSSR count). The Bertz CT molecular complexity index is 659. The van der Waals surface area contributed by atoms with E-state index in [-0.39, 0.29) is 18.5 Å². The maximum absolute atomic E-state index is 12.1. The molecule has 22 heavy (non-hydrogen) atoms. The SMILES string of the molecule is CN(C)C(=O)NCc1cc(C(=O)Nc2cncnc2)ccn1. The second-order valence-corrected chi connectivity index (χ2v) is 4.67. The van der Waals surface area contributed by atoms with E-state index in [4.69, 9.17) is 0 Å². The van der Waals surface area contributed by atoms with Crippen LogP contribution in [0.5, 0.6) is 0 Å². The van der Waals surface area contributed by atoms with Crippen molar-refractivity contribution in [2.45, 2.75) is 6.54 Å². The van der Waals surface area contributed by atoms with Crippen molar-refractivity contribution in [2.24, 2.45) is 0 Å². The first-order valence-corrected chi connectivity index (χ1v) is 6.52. The lowest BCUT2D eigenvalue weighted by Crippen LogP contribution is -2.34. The van der Waals surface area contributed by atoms with Crippen LogP contribution < -0.4 is 10.6 Å². The summed E-state index contributed by atoms with van der Waals surface area (Å²) in [6.07, 6.45) is 5.91. The van der Waals surface area contributed by atoms with Crippen LogP contribution in [0.2, 0.25) is 0 Å². The Morgan fingerprint density at radius 1 is 1.23 bits per heavy atom. The zero-order chi connectivity index (χ0) is 15.9. The van der Waals surface area contributed by atoms with Gasteiger partial charge in [0.2, 0.25) is 0 Å². The van der Waals surface area contributed by atoms with E-state index in [2.05, 4.69) is 25.6 Å². The lowest BCUT2D eigenvalue weighted by atomic mass is 10.2. The zero-order valence-electron chi connectivity index (χ0n) is 12.3. The molecule has 0 radical (unpaired) electrons. The summed E-state index contributed by atoms with van der Waals surface area (Å²) in [5.41, 5.74) is 1.53. The maximum Gasteiger partial charge on any atom is 0.317 e. The molecule has 0 aromatic carbocycles. The number of carbonyl (C=O) groups excluding carboxylic acids is 2. The van der Waals surface area contributed by atoms with Gasteiger partial charge in [0, 0.05) is 25.9 Å². The van der Waals surface area contributed by atoms with Gasteiger partial charge in [0.25, 0.3) is 5.91 Å². The zero-order valence-corrected chi connectivity index (χ0v) is 12.3. The van der Waals surface area contributed by atoms with Gasteiger partial charge in [0.1, 0.15) is 6.33 Å². The van der Waals surface area contributed by atoms with Gasteiger partial charge < -0.3 is 15.5 Å². The predicted molar refractivity (Wildman–Crippen MR) is 80.1 cm³/mol. The van der Waals surface area contributed by atoms with E-state index >= 15 is 0 Å². The van der Waals surface area contributed by atoms with E-state index < -0.39 is 0 Å². The Labute approximate surface area is 127 Å². The third-order valence-electron chi connectivity index (χ3n) is 2.72. The number of hydrogen-bond donors (Lipinski definition) is 2. The molecular weight excluding hydrogens is 284 g/mol. The lowest BCUT2D eigenvalue weighted by Gasteiger charge is -2.12. The first-order chi connectivity index (χ1) is 10.6. The number of nitrogens with one attached hydrogen (secondary N) is 2. The normalized spacial score (nSPS) is 9.91. The van der Waals surface area contributed by atoms with Gasteiger partial charge in [-0.15, -0.1) is 0 Å². The molecule has 0 atom stereocenters. The molecule has 0 bridgehead atoms. The average Bonchev–Trinajstić information content (AvgIpc) is 2.53. The molecule has 2 N–H and O–H groups in total. The standard InChI is InChI=1S/C14H16N6O2/c1-20(2)14(22)18-8-11-5-10(3-4-17-11)13(21)19-12-6-15-9-16-7-12/h3-7,9H,8H2,1-2H3,(H,18,22)(H,19,21). The number of aromatic nitrogens is 3. The van der Waals surface area contributed by atoms with Crippen LogP contribution >= 0.6 is 0 Å². The fourth-order valence-corrected chi connectivity index (χ4v) is 1.61. The van der Waals surface area contributed by atoms with Crippen molar-refractivity contribution in [1.29, 1.82) is 0 Å². The molecule has 0 unspecified atom stereocenters. The number of amides is 3. The topological polar surface area (TPSA) is 100 Å². The van der Waals surface area contributed by atoms with Crippen molar-refractivity contribution in [2.75, 3.05) is 19.4 Å². The van der Waals surface area contributed by atoms with Gasteiger partial charge in [-0.1, -0.05) is 0 Å². The monoisotopic (exact) mass is 300 g/mol. The summed E-state index contributed by atoms with van der Waals surface area (Å²) in [7, 11) is 3.29. The van der Waals surface area contributed by atoms with Crippen molar-refractivity contribution in [3.63, 3.8) is 0 Å². The molecule has 0 saturated heterocycles. The van der Waals surface area contributed by atoms with E-state index in [0.717, 1.165) is 0 Å². The van der Waals surface area contributed by atoms with Crippen molar-refractivity contribution < 1.29 is 9.59 Å². The number of pyridine rings is 1. The Kier molecular flexibility index (Phi) is 4.97. The van der Waals surface area contributed by atoms with Crippen LogP contribution in [0.4, 0.5) is 10.5 Å². The third-order valence-corrected chi connectivity index (χ3v) is 2.72. The minimum Gasteiger partial charge on any atom is -0.332 e. The average molecular weight is 300 g/mol. The Morgan fingerprint density at radius 2 is 1.95 bits per heavy atom. The van der Waals surface area contributed by atoms with Crippen molar-refractivity contribution >= 4 is 17.6 Å². The second kappa shape index (κ2) is 7.11. The Balaban J connectivity index is 2.01. The van der Waals surface area contributed by atoms with E-state index in [1.807, 2.05) is 0 Å². The van der Waals surface area contributed by atoms with Gasteiger partial charge in [-0.2, -0.15) is 0 Å². The number of nitrogens with zero attached hydrogens (tertiary/aromatic N) is 4. The van der Waals surface area contributed by atoms with Gasteiger partial charge in [0.05, 0.1) is 30.3 Å². The Morgan fingerprint density at radius 3 is 2.64 bits per heavy atom. The van der Waals surface area contributed by atoms with E-state index in [1.54, 1.807) is 26.2 Å². The molecule has 0 aliphatic rings. The molecule has 2 heterocycles. The van der Waals surface area contributed by atoms with Crippen LogP contribution in [0.15, 0.2) is 37.1 Å². The molecule has 0 saturated carbocycles. The van der Waals surface area contributed by atoms with Gasteiger partial charge in [-0.3, -0.25) is 9.78 Å². The second-order valence-electron chi connectivity index (χ2n) is 4.67. The van der Waals surface area contributed by atoms with Gasteiger partial charge in [0.15, 0.2) is 0 Å². The largest absolute Gasteiger partial charge is 0.332 e. The highest BCUT2D eigenvalue weighted by Crippen LogP contribution is 2.07. The van der Waals surface area contributed by atoms with Crippen LogP contribution in [-0.2, 0) is 6.54 Å². The van der Waals surface area contributed by atoms with Gasteiger partial charge >= 0.3 is 6.03 Å². The summed E-state index contributed by atoms with van der Waals surface area (Å²) in [4.78, 5) is 36.8. The molecule has 2 aromatic rings. The minimum atomic E-state index is -0.294. The highest BCUT2D eigenvalue weighted by molar-refractivity contribution is 6.04. The summed E-state index contributed by atoms with van der Waals surface area (Å²) in [6.45, 7) is 0.243. The lowest BCUT2D eigenvalue weighted by molar-refractivity contribution is 0.102. The van der Waals surface area contributed by atoms with E-state index in [1.165, 1.54) is 29.8 Å². The number of urea groups is 1. The van der Waals surface area contributed by atoms with Crippen LogP contribution in [0.25, 0.3) is 0 Å². The van der Waals surface area contributed by atoms with Crippen LogP contribution in [-0.4, -0.2) is 45.9 Å². The summed E-state index contributed by atoms with van der Waals surface area (Å²) in [5.74, 6) is -0.294. The fourth-order valence-electron chi connectivity index (χ4n) is 1.61. The van der Waals surface area contributed by atoms with E-state index in [0.29, 0.717) is 16.9 Å². The number of hydrogen-bond acceptors (Lipinski definition) is 5. The molecule has 3 amide bonds. The van der Waals surface area contributed by atoms with Crippen molar-refractivity contribution in [1.82, 2.24) is 25.2 Å². The van der Waals surface area contributed by atoms with Crippen molar-refractivity contribution in [3.8, 4) is 0 Å². The predicted octanol–water partition coefficient (Wildman–Crippen LogP) is 0.895. The first-order valence-electron chi connectivity index (χ1n) is 6.52. The smallest absolute Gasteiger partial charge is 0.317 e. The van der Waals surface area contributed by atoms with Crippen LogP contribution in [0.3, 0.4) is 0 Å². The number of anilines is 1. The molecular formula is C14H16N6O2. The van der Waals surface area contributed by atoms with Gasteiger partial charge in [-0.05, 0) is 12.1 Å². The summed E-state index contributed by atoms with van der Waals surface area (Å²) < 4.78 is 0. The van der Waals surface area contributed by atoms with E-state index in [9.17, 15) is 9.59 Å². The van der Waals surface area contributed by atoms with Crippen LogP contribution in [0.1, 0.15) is 16.1 Å². The van der Waals surface area contributed by atoms with Crippen LogP contribution in [0, 0.1) is 0 Å². The molecule has 2 aromatic heterocycles. The first kappa shape index (κ1) is 15.4. The molecule has 0 aliphatic heterocycles. The Hall–Kier alpha value is -3.03. The summed E-state index contributed by atoms with van der Waals surface area (Å²) in [5, 5.41) is 5.37. The number of carbonyl (C=O) groups is 2. The quantitative estimate of drug-likeness (QED) is 0.873. The minimum absolute atomic E-state index is 0.224. The maximum atomic E-state index is 12.1. The highest BCUT2D eigenvalue weighted by Gasteiger charge is 2.09. The number of rotatable bonds is 4.